The standard InChI is InChI=1S/C26H33ClN2O6S/c1-17(18(2)28-23(30)20-7-5-6-19(14-20)15-36(33,34)35)24(31)29-13-12-26(32,25(3,4)16-29)21-8-10-22(27)11-9-21/h5-11,14,17-18,32H,12-13,15-16H2,1-4H3,(H,28,30)(H,33,34,35)/t17-,18?,26+/m1/s1. The highest BCUT2D eigenvalue weighted by Crippen LogP contribution is 2.46. The molecule has 0 bridgehead atoms. The number of piperidine rings is 1. The molecule has 2 aromatic rings. The average Bonchev–Trinajstić information content (AvgIpc) is 2.79. The number of hydrogen-bond donors (Lipinski definition) is 3. The fourth-order valence-electron chi connectivity index (χ4n) is 4.70. The number of carbonyl (C=O) groups excluding carboxylic acids is 2. The molecule has 3 N–H and O–H groups in total. The highest BCUT2D eigenvalue weighted by molar-refractivity contribution is 7.85. The van der Waals surface area contributed by atoms with Crippen LogP contribution in [-0.4, -0.2) is 53.9 Å². The van der Waals surface area contributed by atoms with Crippen LogP contribution in [0.4, 0.5) is 0 Å². The lowest BCUT2D eigenvalue weighted by atomic mass is 9.66. The van der Waals surface area contributed by atoms with Gasteiger partial charge in [0.25, 0.3) is 16.0 Å². The first kappa shape index (κ1) is 28.1. The van der Waals surface area contributed by atoms with Gasteiger partial charge in [0.1, 0.15) is 5.75 Å². The summed E-state index contributed by atoms with van der Waals surface area (Å²) >= 11 is 6.01. The molecule has 0 spiro atoms. The Labute approximate surface area is 217 Å². The summed E-state index contributed by atoms with van der Waals surface area (Å²) in [5, 5.41) is 15.0. The minimum atomic E-state index is -4.22. The summed E-state index contributed by atoms with van der Waals surface area (Å²) < 4.78 is 31.3. The van der Waals surface area contributed by atoms with E-state index in [0.29, 0.717) is 24.5 Å². The summed E-state index contributed by atoms with van der Waals surface area (Å²) in [5.74, 6) is -1.71. The van der Waals surface area contributed by atoms with Crippen LogP contribution in [0.3, 0.4) is 0 Å². The zero-order valence-electron chi connectivity index (χ0n) is 20.9. The van der Waals surface area contributed by atoms with Gasteiger partial charge in [-0.1, -0.05) is 56.6 Å². The Bertz CT molecular complexity index is 1230. The van der Waals surface area contributed by atoms with E-state index in [9.17, 15) is 23.1 Å². The molecule has 1 heterocycles. The van der Waals surface area contributed by atoms with Gasteiger partial charge in [0, 0.05) is 35.1 Å². The molecule has 8 nitrogen and oxygen atoms in total. The van der Waals surface area contributed by atoms with Gasteiger partial charge in [-0.25, -0.2) is 0 Å². The van der Waals surface area contributed by atoms with Crippen LogP contribution in [0.1, 0.15) is 55.6 Å². The molecule has 0 saturated carbocycles. The minimum absolute atomic E-state index is 0.130. The van der Waals surface area contributed by atoms with Crippen LogP contribution < -0.4 is 5.32 Å². The molecule has 196 valence electrons. The van der Waals surface area contributed by atoms with Crippen molar-refractivity contribution in [1.29, 1.82) is 0 Å². The maximum absolute atomic E-state index is 13.3. The van der Waals surface area contributed by atoms with Crippen LogP contribution >= 0.6 is 11.6 Å². The highest BCUT2D eigenvalue weighted by atomic mass is 35.5. The third-order valence-corrected chi connectivity index (χ3v) is 8.07. The largest absolute Gasteiger partial charge is 0.384 e. The summed E-state index contributed by atoms with van der Waals surface area (Å²) in [4.78, 5) is 27.8. The van der Waals surface area contributed by atoms with Gasteiger partial charge in [-0.05, 0) is 48.7 Å². The first-order chi connectivity index (χ1) is 16.6. The number of nitrogens with zero attached hydrogens (tertiary/aromatic N) is 1. The van der Waals surface area contributed by atoms with E-state index < -0.39 is 44.8 Å². The number of rotatable bonds is 7. The van der Waals surface area contributed by atoms with E-state index in [1.807, 2.05) is 26.0 Å². The van der Waals surface area contributed by atoms with Crippen molar-refractivity contribution in [2.75, 3.05) is 13.1 Å². The summed E-state index contributed by atoms with van der Waals surface area (Å²) in [5.41, 5.74) is -0.479. The van der Waals surface area contributed by atoms with E-state index in [4.69, 9.17) is 16.2 Å². The molecule has 1 aliphatic heterocycles. The molecule has 1 fully saturated rings. The fourth-order valence-corrected chi connectivity index (χ4v) is 5.43. The quantitative estimate of drug-likeness (QED) is 0.464. The average molecular weight is 537 g/mol. The predicted molar refractivity (Wildman–Crippen MR) is 138 cm³/mol. The number of aliphatic hydroxyl groups is 1. The van der Waals surface area contributed by atoms with Crippen LogP contribution in [0.2, 0.25) is 5.02 Å². The van der Waals surface area contributed by atoms with Crippen molar-refractivity contribution in [3.05, 3.63) is 70.2 Å². The van der Waals surface area contributed by atoms with Gasteiger partial charge in [-0.3, -0.25) is 14.1 Å². The SMILES string of the molecule is CC(NC(=O)c1cccc(CS(=O)(=O)O)c1)[C@@H](C)C(=O)N1CC[C@](O)(c2ccc(Cl)cc2)C(C)(C)C1. The normalized spacial score (nSPS) is 21.5. The molecule has 3 atom stereocenters. The van der Waals surface area contributed by atoms with E-state index in [-0.39, 0.29) is 17.0 Å². The molecule has 2 amide bonds. The maximum atomic E-state index is 13.3. The molecule has 0 aliphatic carbocycles. The molecule has 3 rings (SSSR count). The van der Waals surface area contributed by atoms with Crippen LogP contribution in [0.25, 0.3) is 0 Å². The lowest BCUT2D eigenvalue weighted by molar-refractivity contribution is -0.156. The second-order valence-corrected chi connectivity index (χ2v) is 12.1. The van der Waals surface area contributed by atoms with Gasteiger partial charge in [0.2, 0.25) is 5.91 Å². The van der Waals surface area contributed by atoms with Gasteiger partial charge in [-0.15, -0.1) is 0 Å². The number of halogens is 1. The Morgan fingerprint density at radius 3 is 2.36 bits per heavy atom. The summed E-state index contributed by atoms with van der Waals surface area (Å²) in [6.45, 7) is 8.04. The second kappa shape index (κ2) is 10.5. The van der Waals surface area contributed by atoms with Gasteiger partial charge in [0.05, 0.1) is 11.5 Å². The molecular weight excluding hydrogens is 504 g/mol. The Kier molecular flexibility index (Phi) is 8.20. The first-order valence-corrected chi connectivity index (χ1v) is 13.7. The minimum Gasteiger partial charge on any atom is -0.384 e. The van der Waals surface area contributed by atoms with Crippen LogP contribution in [0.15, 0.2) is 48.5 Å². The number of likely N-dealkylation sites (tertiary alicyclic amines) is 1. The Balaban J connectivity index is 1.66. The van der Waals surface area contributed by atoms with Crippen LogP contribution in [-0.2, 0) is 26.3 Å². The smallest absolute Gasteiger partial charge is 0.269 e. The van der Waals surface area contributed by atoms with Gasteiger partial charge >= 0.3 is 0 Å². The zero-order chi connectivity index (χ0) is 26.9. The van der Waals surface area contributed by atoms with Gasteiger partial charge < -0.3 is 15.3 Å². The molecule has 36 heavy (non-hydrogen) atoms. The van der Waals surface area contributed by atoms with E-state index in [1.54, 1.807) is 30.9 Å². The maximum Gasteiger partial charge on any atom is 0.269 e. The zero-order valence-corrected chi connectivity index (χ0v) is 22.4. The topological polar surface area (TPSA) is 124 Å². The fraction of sp³-hybridized carbons (Fsp3) is 0.462. The third-order valence-electron chi connectivity index (χ3n) is 7.12. The third kappa shape index (κ3) is 6.26. The number of amides is 2. The Morgan fingerprint density at radius 2 is 1.78 bits per heavy atom. The van der Waals surface area contributed by atoms with Gasteiger partial charge in [-0.2, -0.15) is 8.42 Å². The Morgan fingerprint density at radius 1 is 1.14 bits per heavy atom. The number of benzene rings is 2. The van der Waals surface area contributed by atoms with Crippen LogP contribution in [0.5, 0.6) is 0 Å². The Hall–Kier alpha value is -2.46. The van der Waals surface area contributed by atoms with E-state index in [0.717, 1.165) is 5.56 Å². The van der Waals surface area contributed by atoms with Crippen molar-refractivity contribution in [3.63, 3.8) is 0 Å². The molecule has 10 heteroatoms. The van der Waals surface area contributed by atoms with Crippen molar-refractivity contribution < 1.29 is 27.7 Å². The summed E-state index contributed by atoms with van der Waals surface area (Å²) in [6, 6.07) is 12.6. The van der Waals surface area contributed by atoms with Crippen molar-refractivity contribution in [2.45, 2.75) is 51.5 Å². The number of carbonyl (C=O) groups is 2. The monoisotopic (exact) mass is 536 g/mol. The molecule has 1 saturated heterocycles. The molecule has 0 radical (unpaired) electrons. The lowest BCUT2D eigenvalue weighted by Crippen LogP contribution is -2.58. The summed E-state index contributed by atoms with van der Waals surface area (Å²) in [7, 11) is -4.22. The molecule has 0 aromatic heterocycles. The van der Waals surface area contributed by atoms with Crippen molar-refractivity contribution in [3.8, 4) is 0 Å². The molecule has 1 unspecified atom stereocenters. The number of hydrogen-bond acceptors (Lipinski definition) is 5. The van der Waals surface area contributed by atoms with Gasteiger partial charge in [0.15, 0.2) is 0 Å². The molecular formula is C26H33ClN2O6S. The second-order valence-electron chi connectivity index (χ2n) is 10.2. The van der Waals surface area contributed by atoms with E-state index >= 15 is 0 Å². The van der Waals surface area contributed by atoms with Crippen molar-refractivity contribution in [1.82, 2.24) is 10.2 Å². The van der Waals surface area contributed by atoms with E-state index in [2.05, 4.69) is 5.32 Å². The van der Waals surface area contributed by atoms with Crippen LogP contribution in [0, 0.1) is 11.3 Å². The first-order valence-electron chi connectivity index (χ1n) is 11.8. The van der Waals surface area contributed by atoms with E-state index in [1.165, 1.54) is 24.3 Å². The molecule has 1 aliphatic rings. The highest BCUT2D eigenvalue weighted by Gasteiger charge is 2.50. The predicted octanol–water partition coefficient (Wildman–Crippen LogP) is 3.63. The molecule has 2 aromatic carbocycles. The lowest BCUT2D eigenvalue weighted by Gasteiger charge is -2.51. The van der Waals surface area contributed by atoms with Crippen molar-refractivity contribution in [2.24, 2.45) is 11.3 Å². The summed E-state index contributed by atoms with van der Waals surface area (Å²) in [6.07, 6.45) is 0.362. The van der Waals surface area contributed by atoms with Crippen molar-refractivity contribution >= 4 is 33.5 Å². The number of nitrogens with one attached hydrogen (secondary N) is 1.